The Morgan fingerprint density at radius 2 is 1.93 bits per heavy atom. The fourth-order valence-electron chi connectivity index (χ4n) is 7.43. The van der Waals surface area contributed by atoms with Gasteiger partial charge in [-0.3, -0.25) is 14.4 Å². The summed E-state index contributed by atoms with van der Waals surface area (Å²) in [6.07, 6.45) is 5.11. The van der Waals surface area contributed by atoms with Gasteiger partial charge in [0.05, 0.1) is 37.2 Å². The SMILES string of the molecule is C=CCCOC(=O)[C@H]1[C@H]2C(=O)N([C@@H](CO)[C@@H](C)CC)C(C(=O)N(CC=C)C(C)(C)CC(C)(C)C)C23CC(Br)[C@@H]1O3. The van der Waals surface area contributed by atoms with E-state index in [9.17, 15) is 19.5 Å². The first-order chi connectivity index (χ1) is 18.6. The van der Waals surface area contributed by atoms with Gasteiger partial charge in [-0.2, -0.15) is 0 Å². The van der Waals surface area contributed by atoms with E-state index < -0.39 is 47.1 Å². The summed E-state index contributed by atoms with van der Waals surface area (Å²) in [6, 6.07) is -1.59. The summed E-state index contributed by atoms with van der Waals surface area (Å²) < 4.78 is 12.2. The van der Waals surface area contributed by atoms with Crippen LogP contribution in [-0.4, -0.2) is 86.6 Å². The number of hydrogen-bond donors (Lipinski definition) is 1. The number of halogens is 1. The Hall–Kier alpha value is -1.71. The Labute approximate surface area is 248 Å². The summed E-state index contributed by atoms with van der Waals surface area (Å²) in [4.78, 5) is 45.8. The monoisotopic (exact) mass is 624 g/mol. The van der Waals surface area contributed by atoms with Crippen LogP contribution in [0, 0.1) is 23.2 Å². The molecule has 0 aliphatic carbocycles. The summed E-state index contributed by atoms with van der Waals surface area (Å²) in [5.41, 5.74) is -1.85. The maximum Gasteiger partial charge on any atom is 0.312 e. The predicted octanol–water partition coefficient (Wildman–Crippen LogP) is 4.49. The summed E-state index contributed by atoms with van der Waals surface area (Å²) >= 11 is 3.71. The van der Waals surface area contributed by atoms with E-state index in [1.54, 1.807) is 22.0 Å². The van der Waals surface area contributed by atoms with E-state index in [1.807, 2.05) is 27.7 Å². The van der Waals surface area contributed by atoms with E-state index >= 15 is 0 Å². The van der Waals surface area contributed by atoms with Gasteiger partial charge in [0.15, 0.2) is 0 Å². The topological polar surface area (TPSA) is 96.4 Å². The molecule has 3 rings (SSSR count). The largest absolute Gasteiger partial charge is 0.465 e. The molecule has 40 heavy (non-hydrogen) atoms. The highest BCUT2D eigenvalue weighted by Crippen LogP contribution is 2.61. The van der Waals surface area contributed by atoms with Crippen molar-refractivity contribution in [2.45, 2.75) is 108 Å². The number of hydrogen-bond acceptors (Lipinski definition) is 6. The number of ether oxygens (including phenoxy) is 2. The van der Waals surface area contributed by atoms with Crippen LogP contribution in [0.5, 0.6) is 0 Å². The standard InChI is InChI=1S/C31H49BrN2O6/c1-10-13-15-39-28(38)22-23-26(36)34(21(17-35)19(4)12-3)25(31(23)16-20(32)24(22)40-31)27(37)33(14-11-2)30(8,9)18-29(5,6)7/h10-11,19-25,35H,1-2,12-18H2,3-9H3/t19-,20?,21-,22-,23-,24-,25?,31?/m0/s1. The molecule has 226 valence electrons. The summed E-state index contributed by atoms with van der Waals surface area (Å²) in [7, 11) is 0. The van der Waals surface area contributed by atoms with Crippen molar-refractivity contribution >= 4 is 33.7 Å². The van der Waals surface area contributed by atoms with Crippen molar-refractivity contribution in [2.75, 3.05) is 19.8 Å². The lowest BCUT2D eigenvalue weighted by atomic mass is 9.70. The van der Waals surface area contributed by atoms with E-state index in [0.717, 1.165) is 0 Å². The van der Waals surface area contributed by atoms with Gasteiger partial charge in [-0.1, -0.05) is 69.1 Å². The van der Waals surface area contributed by atoms with Crippen molar-refractivity contribution in [1.82, 2.24) is 9.80 Å². The molecule has 1 N–H and O–H groups in total. The molecule has 0 aromatic heterocycles. The molecule has 3 aliphatic rings. The molecule has 0 saturated carbocycles. The van der Waals surface area contributed by atoms with E-state index in [4.69, 9.17) is 9.47 Å². The number of alkyl halides is 1. The van der Waals surface area contributed by atoms with Crippen molar-refractivity contribution in [1.29, 1.82) is 0 Å². The third-order valence-corrected chi connectivity index (χ3v) is 9.76. The van der Waals surface area contributed by atoms with Gasteiger partial charge < -0.3 is 24.4 Å². The molecule has 0 radical (unpaired) electrons. The number of esters is 1. The molecule has 8 atom stereocenters. The van der Waals surface area contributed by atoms with Crippen LogP contribution in [0.2, 0.25) is 0 Å². The van der Waals surface area contributed by atoms with Crippen molar-refractivity contribution < 1.29 is 29.0 Å². The van der Waals surface area contributed by atoms with Crippen molar-refractivity contribution in [3.05, 3.63) is 25.3 Å². The molecule has 3 fully saturated rings. The first-order valence-corrected chi connectivity index (χ1v) is 15.5. The van der Waals surface area contributed by atoms with Gasteiger partial charge in [0.25, 0.3) is 0 Å². The molecule has 1 spiro atoms. The van der Waals surface area contributed by atoms with Crippen molar-refractivity contribution in [2.24, 2.45) is 23.2 Å². The van der Waals surface area contributed by atoms with Crippen LogP contribution in [-0.2, 0) is 23.9 Å². The molecule has 0 aromatic carbocycles. The first kappa shape index (κ1) is 32.8. The van der Waals surface area contributed by atoms with E-state index in [2.05, 4.69) is 49.9 Å². The normalized spacial score (nSPS) is 31.1. The zero-order valence-corrected chi connectivity index (χ0v) is 26.9. The average molecular weight is 626 g/mol. The molecular weight excluding hydrogens is 576 g/mol. The number of rotatable bonds is 13. The van der Waals surface area contributed by atoms with Gasteiger partial charge in [-0.05, 0) is 44.4 Å². The van der Waals surface area contributed by atoms with Crippen LogP contribution in [0.4, 0.5) is 0 Å². The highest BCUT2D eigenvalue weighted by Gasteiger charge is 2.78. The van der Waals surface area contributed by atoms with Gasteiger partial charge in [0.2, 0.25) is 11.8 Å². The van der Waals surface area contributed by atoms with Crippen LogP contribution < -0.4 is 0 Å². The second-order valence-electron chi connectivity index (χ2n) is 13.6. The summed E-state index contributed by atoms with van der Waals surface area (Å²) in [6.45, 7) is 22.2. The fraction of sp³-hybridized carbons (Fsp3) is 0.774. The number of fused-ring (bicyclic) bond motifs is 1. The highest BCUT2D eigenvalue weighted by molar-refractivity contribution is 9.09. The molecule has 3 heterocycles. The molecule has 8 nitrogen and oxygen atoms in total. The number of aliphatic hydroxyl groups excluding tert-OH is 1. The second-order valence-corrected chi connectivity index (χ2v) is 14.8. The van der Waals surface area contributed by atoms with Gasteiger partial charge >= 0.3 is 5.97 Å². The van der Waals surface area contributed by atoms with Gasteiger partial charge in [0.1, 0.15) is 11.6 Å². The molecule has 2 bridgehead atoms. The molecular formula is C31H49BrN2O6. The number of carbonyl (C=O) groups excluding carboxylic acids is 3. The van der Waals surface area contributed by atoms with Crippen molar-refractivity contribution in [3.63, 3.8) is 0 Å². The summed E-state index contributed by atoms with van der Waals surface area (Å²) in [5, 5.41) is 10.6. The number of likely N-dealkylation sites (tertiary alicyclic amines) is 1. The van der Waals surface area contributed by atoms with Crippen LogP contribution in [0.3, 0.4) is 0 Å². The maximum atomic E-state index is 14.9. The van der Waals surface area contributed by atoms with Crippen molar-refractivity contribution in [3.8, 4) is 0 Å². The minimum Gasteiger partial charge on any atom is -0.465 e. The van der Waals surface area contributed by atoms with Crippen LogP contribution in [0.1, 0.15) is 74.1 Å². The first-order valence-electron chi connectivity index (χ1n) is 14.6. The lowest BCUT2D eigenvalue weighted by Crippen LogP contribution is -2.63. The number of carbonyl (C=O) groups is 3. The van der Waals surface area contributed by atoms with Gasteiger partial charge in [0, 0.05) is 16.9 Å². The Bertz CT molecular complexity index is 993. The van der Waals surface area contributed by atoms with Gasteiger partial charge in [-0.25, -0.2) is 0 Å². The zero-order chi connectivity index (χ0) is 30.2. The smallest absolute Gasteiger partial charge is 0.312 e. The second kappa shape index (κ2) is 12.3. The number of nitrogens with zero attached hydrogens (tertiary/aromatic N) is 2. The van der Waals surface area contributed by atoms with E-state index in [1.165, 1.54) is 0 Å². The van der Waals surface area contributed by atoms with Gasteiger partial charge in [-0.15, -0.1) is 13.2 Å². The lowest BCUT2D eigenvalue weighted by molar-refractivity contribution is -0.158. The van der Waals surface area contributed by atoms with E-state index in [0.29, 0.717) is 32.2 Å². The average Bonchev–Trinajstić information content (AvgIpc) is 3.44. The quantitative estimate of drug-likeness (QED) is 0.140. The highest BCUT2D eigenvalue weighted by atomic mass is 79.9. The number of aliphatic hydroxyl groups is 1. The Morgan fingerprint density at radius 1 is 1.27 bits per heavy atom. The summed E-state index contributed by atoms with van der Waals surface area (Å²) in [5.74, 6) is -2.85. The molecule has 3 saturated heterocycles. The van der Waals surface area contributed by atoms with Crippen LogP contribution in [0.15, 0.2) is 25.3 Å². The van der Waals surface area contributed by atoms with E-state index in [-0.39, 0.29) is 41.2 Å². The molecule has 3 aliphatic heterocycles. The molecule has 0 aromatic rings. The zero-order valence-electron chi connectivity index (χ0n) is 25.3. The molecule has 2 amide bonds. The maximum absolute atomic E-state index is 14.9. The fourth-order valence-corrected chi connectivity index (χ4v) is 8.37. The van der Waals surface area contributed by atoms with Crippen LogP contribution in [0.25, 0.3) is 0 Å². The number of amides is 2. The molecule has 3 unspecified atom stereocenters. The minimum atomic E-state index is -1.22. The third kappa shape index (κ3) is 5.80. The predicted molar refractivity (Wildman–Crippen MR) is 159 cm³/mol. The molecule has 9 heteroatoms. The Morgan fingerprint density at radius 3 is 2.45 bits per heavy atom. The Kier molecular flexibility index (Phi) is 10.1. The minimum absolute atomic E-state index is 0.0663. The Balaban J connectivity index is 2.16. The third-order valence-electron chi connectivity index (χ3n) is 8.92. The van der Waals surface area contributed by atoms with Crippen LogP contribution >= 0.6 is 15.9 Å². The lowest BCUT2D eigenvalue weighted by Gasteiger charge is -2.47.